The number of hydrogen-bond acceptors (Lipinski definition) is 2. The minimum absolute atomic E-state index is 0.107. The van der Waals surface area contributed by atoms with E-state index in [1.54, 1.807) is 17.8 Å². The number of nitrogens with one attached hydrogen (secondary N) is 1. The van der Waals surface area contributed by atoms with E-state index in [1.165, 1.54) is 6.07 Å². The van der Waals surface area contributed by atoms with Crippen molar-refractivity contribution in [2.45, 2.75) is 38.3 Å². The van der Waals surface area contributed by atoms with E-state index in [4.69, 9.17) is 0 Å². The molecule has 1 N–H and O–H groups in total. The number of thioether (sulfide) groups is 1. The van der Waals surface area contributed by atoms with E-state index in [0.717, 1.165) is 22.8 Å². The van der Waals surface area contributed by atoms with Gasteiger partial charge >= 0.3 is 0 Å². The van der Waals surface area contributed by atoms with Gasteiger partial charge in [0.15, 0.2) is 0 Å². The van der Waals surface area contributed by atoms with Gasteiger partial charge in [-0.15, -0.1) is 11.8 Å². The zero-order valence-electron chi connectivity index (χ0n) is 9.51. The molecule has 0 aromatic heterocycles. The van der Waals surface area contributed by atoms with Crippen molar-refractivity contribution < 1.29 is 4.39 Å². The maximum atomic E-state index is 13.5. The first-order valence-electron chi connectivity index (χ1n) is 5.28. The molecular weight excluding hydrogens is 209 g/mol. The van der Waals surface area contributed by atoms with Crippen LogP contribution in [0.5, 0.6) is 0 Å². The quantitative estimate of drug-likeness (QED) is 0.773. The van der Waals surface area contributed by atoms with Gasteiger partial charge in [0.1, 0.15) is 5.82 Å². The molecule has 0 spiro atoms. The van der Waals surface area contributed by atoms with Gasteiger partial charge in [0.05, 0.1) is 0 Å². The Kier molecular flexibility index (Phi) is 5.12. The Morgan fingerprint density at radius 1 is 1.40 bits per heavy atom. The third-order valence-corrected chi connectivity index (χ3v) is 3.07. The van der Waals surface area contributed by atoms with E-state index in [1.807, 2.05) is 13.0 Å². The third-order valence-electron chi connectivity index (χ3n) is 2.04. The molecule has 3 heteroatoms. The highest BCUT2D eigenvalue weighted by Crippen LogP contribution is 2.25. The van der Waals surface area contributed by atoms with E-state index in [9.17, 15) is 4.39 Å². The average Bonchev–Trinajstić information content (AvgIpc) is 2.19. The molecule has 0 aliphatic rings. The van der Waals surface area contributed by atoms with Gasteiger partial charge in [0, 0.05) is 17.5 Å². The summed E-state index contributed by atoms with van der Waals surface area (Å²) < 4.78 is 13.5. The zero-order valence-corrected chi connectivity index (χ0v) is 10.3. The second kappa shape index (κ2) is 6.13. The monoisotopic (exact) mass is 227 g/mol. The standard InChI is InChI=1S/C12H18FNS/c1-4-15-12-10(8-14-9(2)3)6-5-7-11(12)13/h5-7,9,14H,4,8H2,1-3H3. The van der Waals surface area contributed by atoms with Crippen LogP contribution in [0.2, 0.25) is 0 Å². The van der Waals surface area contributed by atoms with E-state index < -0.39 is 0 Å². The van der Waals surface area contributed by atoms with E-state index in [-0.39, 0.29) is 5.82 Å². The van der Waals surface area contributed by atoms with Crippen LogP contribution in [-0.2, 0) is 6.54 Å². The van der Waals surface area contributed by atoms with Crippen LogP contribution in [0, 0.1) is 5.82 Å². The molecule has 0 fully saturated rings. The highest BCUT2D eigenvalue weighted by Gasteiger charge is 2.07. The number of hydrogen-bond donors (Lipinski definition) is 1. The predicted octanol–water partition coefficient (Wildman–Crippen LogP) is 3.44. The second-order valence-corrected chi connectivity index (χ2v) is 4.97. The molecule has 1 aromatic carbocycles. The molecular formula is C12H18FNS. The van der Waals surface area contributed by atoms with Gasteiger partial charge in [-0.2, -0.15) is 0 Å². The van der Waals surface area contributed by atoms with Gasteiger partial charge in [-0.3, -0.25) is 0 Å². The molecule has 0 bridgehead atoms. The molecule has 0 unspecified atom stereocenters. The minimum Gasteiger partial charge on any atom is -0.310 e. The summed E-state index contributed by atoms with van der Waals surface area (Å²) in [4.78, 5) is 0.785. The largest absolute Gasteiger partial charge is 0.310 e. The summed E-state index contributed by atoms with van der Waals surface area (Å²) in [5.74, 6) is 0.792. The van der Waals surface area contributed by atoms with Gasteiger partial charge in [-0.25, -0.2) is 4.39 Å². The molecule has 0 aliphatic carbocycles. The van der Waals surface area contributed by atoms with Crippen molar-refractivity contribution in [1.29, 1.82) is 0 Å². The van der Waals surface area contributed by atoms with Gasteiger partial charge in [0.25, 0.3) is 0 Å². The van der Waals surface area contributed by atoms with Crippen LogP contribution in [0.1, 0.15) is 26.3 Å². The average molecular weight is 227 g/mol. The van der Waals surface area contributed by atoms with Crippen LogP contribution < -0.4 is 5.32 Å². The van der Waals surface area contributed by atoms with Crippen molar-refractivity contribution in [2.75, 3.05) is 5.75 Å². The van der Waals surface area contributed by atoms with Gasteiger partial charge in [0.2, 0.25) is 0 Å². The van der Waals surface area contributed by atoms with Crippen LogP contribution in [0.3, 0.4) is 0 Å². The molecule has 1 rings (SSSR count). The summed E-state index contributed by atoms with van der Waals surface area (Å²) in [7, 11) is 0. The van der Waals surface area contributed by atoms with Gasteiger partial charge in [-0.05, 0) is 17.4 Å². The lowest BCUT2D eigenvalue weighted by molar-refractivity contribution is 0.564. The zero-order chi connectivity index (χ0) is 11.3. The SMILES string of the molecule is CCSc1c(F)cccc1CNC(C)C. The molecule has 0 atom stereocenters. The lowest BCUT2D eigenvalue weighted by Gasteiger charge is -2.12. The molecule has 0 saturated carbocycles. The fourth-order valence-electron chi connectivity index (χ4n) is 1.31. The summed E-state index contributed by atoms with van der Waals surface area (Å²) in [6.45, 7) is 6.95. The van der Waals surface area contributed by atoms with E-state index >= 15 is 0 Å². The number of benzene rings is 1. The van der Waals surface area contributed by atoms with Crippen molar-refractivity contribution >= 4 is 11.8 Å². The number of rotatable bonds is 5. The maximum Gasteiger partial charge on any atom is 0.137 e. The van der Waals surface area contributed by atoms with Crippen LogP contribution in [0.25, 0.3) is 0 Å². The fourth-order valence-corrected chi connectivity index (χ4v) is 2.13. The van der Waals surface area contributed by atoms with Crippen molar-refractivity contribution in [1.82, 2.24) is 5.32 Å². The van der Waals surface area contributed by atoms with Crippen LogP contribution >= 0.6 is 11.8 Å². The Morgan fingerprint density at radius 3 is 2.73 bits per heavy atom. The first-order chi connectivity index (χ1) is 7.15. The topological polar surface area (TPSA) is 12.0 Å². The molecule has 1 nitrogen and oxygen atoms in total. The van der Waals surface area contributed by atoms with Crippen molar-refractivity contribution in [3.8, 4) is 0 Å². The highest BCUT2D eigenvalue weighted by molar-refractivity contribution is 7.99. The summed E-state index contributed by atoms with van der Waals surface area (Å²) in [6.07, 6.45) is 0. The van der Waals surface area contributed by atoms with Crippen LogP contribution in [0.4, 0.5) is 4.39 Å². The van der Waals surface area contributed by atoms with E-state index in [0.29, 0.717) is 6.04 Å². The molecule has 84 valence electrons. The summed E-state index contributed by atoms with van der Waals surface area (Å²) in [5.41, 5.74) is 1.05. The summed E-state index contributed by atoms with van der Waals surface area (Å²) >= 11 is 1.57. The maximum absolute atomic E-state index is 13.5. The molecule has 0 aliphatic heterocycles. The molecule has 0 radical (unpaired) electrons. The van der Waals surface area contributed by atoms with E-state index in [2.05, 4.69) is 19.2 Å². The molecule has 0 amide bonds. The molecule has 1 aromatic rings. The Labute approximate surface area is 95.5 Å². The first-order valence-corrected chi connectivity index (χ1v) is 6.27. The Balaban J connectivity index is 2.80. The van der Waals surface area contributed by atoms with Gasteiger partial charge in [-0.1, -0.05) is 32.9 Å². The molecule has 0 saturated heterocycles. The smallest absolute Gasteiger partial charge is 0.137 e. The molecule has 0 heterocycles. The van der Waals surface area contributed by atoms with Gasteiger partial charge < -0.3 is 5.32 Å². The summed E-state index contributed by atoms with van der Waals surface area (Å²) in [5, 5.41) is 3.31. The first kappa shape index (κ1) is 12.5. The summed E-state index contributed by atoms with van der Waals surface area (Å²) in [6, 6.07) is 5.70. The van der Waals surface area contributed by atoms with Crippen LogP contribution in [-0.4, -0.2) is 11.8 Å². The lowest BCUT2D eigenvalue weighted by Crippen LogP contribution is -2.22. The van der Waals surface area contributed by atoms with Crippen molar-refractivity contribution in [2.24, 2.45) is 0 Å². The highest BCUT2D eigenvalue weighted by atomic mass is 32.2. The van der Waals surface area contributed by atoms with Crippen LogP contribution in [0.15, 0.2) is 23.1 Å². The molecule has 15 heavy (non-hydrogen) atoms. The fraction of sp³-hybridized carbons (Fsp3) is 0.500. The Hall–Kier alpha value is -0.540. The third kappa shape index (κ3) is 3.84. The number of halogens is 1. The normalized spacial score (nSPS) is 11.0. The second-order valence-electron chi connectivity index (χ2n) is 3.70. The lowest BCUT2D eigenvalue weighted by atomic mass is 10.2. The predicted molar refractivity (Wildman–Crippen MR) is 64.8 cm³/mol. The Bertz CT molecular complexity index is 312. The van der Waals surface area contributed by atoms with Crippen molar-refractivity contribution in [3.05, 3.63) is 29.6 Å². The minimum atomic E-state index is -0.107. The Morgan fingerprint density at radius 2 is 2.13 bits per heavy atom. The van der Waals surface area contributed by atoms with Crippen molar-refractivity contribution in [3.63, 3.8) is 0 Å².